The van der Waals surface area contributed by atoms with E-state index in [2.05, 4.69) is 0 Å². The van der Waals surface area contributed by atoms with E-state index in [1.807, 2.05) is 25.1 Å². The molecule has 2 nitrogen and oxygen atoms in total. The third-order valence-corrected chi connectivity index (χ3v) is 2.89. The van der Waals surface area contributed by atoms with E-state index in [4.69, 9.17) is 16.3 Å². The predicted octanol–water partition coefficient (Wildman–Crippen LogP) is 2.91. The number of methoxy groups -OCH3 is 1. The Morgan fingerprint density at radius 1 is 1.40 bits per heavy atom. The van der Waals surface area contributed by atoms with Gasteiger partial charge in [-0.15, -0.1) is 0 Å². The van der Waals surface area contributed by atoms with Crippen LogP contribution in [0.5, 0.6) is 5.75 Å². The van der Waals surface area contributed by atoms with E-state index in [-0.39, 0.29) is 12.0 Å². The highest BCUT2D eigenvalue weighted by Gasteiger charge is 2.10. The molecule has 0 heterocycles. The normalized spacial score (nSPS) is 14.7. The fourth-order valence-corrected chi connectivity index (χ4v) is 1.66. The minimum Gasteiger partial charge on any atom is -0.495 e. The van der Waals surface area contributed by atoms with Crippen molar-refractivity contribution >= 4 is 11.6 Å². The Bertz CT molecular complexity index is 323. The highest BCUT2D eigenvalue weighted by Crippen LogP contribution is 2.26. The van der Waals surface area contributed by atoms with Gasteiger partial charge in [0.15, 0.2) is 0 Å². The summed E-state index contributed by atoms with van der Waals surface area (Å²) < 4.78 is 5.07. The summed E-state index contributed by atoms with van der Waals surface area (Å²) in [5, 5.41) is 10.0. The number of aliphatic hydroxyl groups excluding tert-OH is 1. The standard InChI is InChI=1S/C12H17ClO2/c1-8(9(2)14)6-10-4-5-12(15-3)11(13)7-10/h4-5,7-9,14H,6H2,1-3H3. The van der Waals surface area contributed by atoms with Crippen molar-refractivity contribution in [1.82, 2.24) is 0 Å². The van der Waals surface area contributed by atoms with Crippen LogP contribution in [0.15, 0.2) is 18.2 Å². The summed E-state index contributed by atoms with van der Waals surface area (Å²) >= 11 is 6.01. The monoisotopic (exact) mass is 228 g/mol. The fourth-order valence-electron chi connectivity index (χ4n) is 1.38. The molecule has 1 aromatic carbocycles. The van der Waals surface area contributed by atoms with Crippen LogP contribution in [0.2, 0.25) is 5.02 Å². The minimum absolute atomic E-state index is 0.231. The number of benzene rings is 1. The van der Waals surface area contributed by atoms with Crippen LogP contribution in [0, 0.1) is 5.92 Å². The van der Waals surface area contributed by atoms with Crippen LogP contribution < -0.4 is 4.74 Å². The van der Waals surface area contributed by atoms with E-state index in [0.29, 0.717) is 10.8 Å². The lowest BCUT2D eigenvalue weighted by Crippen LogP contribution is -2.15. The van der Waals surface area contributed by atoms with Crippen molar-refractivity contribution in [2.45, 2.75) is 26.4 Å². The molecular weight excluding hydrogens is 212 g/mol. The Hall–Kier alpha value is -0.730. The quantitative estimate of drug-likeness (QED) is 0.859. The molecule has 0 saturated carbocycles. The van der Waals surface area contributed by atoms with Gasteiger partial charge in [-0.1, -0.05) is 24.6 Å². The van der Waals surface area contributed by atoms with Crippen molar-refractivity contribution in [3.63, 3.8) is 0 Å². The highest BCUT2D eigenvalue weighted by atomic mass is 35.5. The Balaban J connectivity index is 2.75. The molecule has 1 rings (SSSR count). The van der Waals surface area contributed by atoms with Gasteiger partial charge in [-0.25, -0.2) is 0 Å². The van der Waals surface area contributed by atoms with Gasteiger partial charge in [0.2, 0.25) is 0 Å². The molecule has 1 aromatic rings. The molecule has 84 valence electrons. The minimum atomic E-state index is -0.300. The number of aliphatic hydroxyl groups is 1. The van der Waals surface area contributed by atoms with Crippen LogP contribution in [-0.2, 0) is 6.42 Å². The van der Waals surface area contributed by atoms with Crippen molar-refractivity contribution in [3.8, 4) is 5.75 Å². The average molecular weight is 229 g/mol. The van der Waals surface area contributed by atoms with Crippen LogP contribution in [0.3, 0.4) is 0 Å². The van der Waals surface area contributed by atoms with Crippen LogP contribution in [0.4, 0.5) is 0 Å². The van der Waals surface area contributed by atoms with Crippen LogP contribution in [0.25, 0.3) is 0 Å². The van der Waals surface area contributed by atoms with Gasteiger partial charge < -0.3 is 9.84 Å². The molecule has 0 aliphatic heterocycles. The van der Waals surface area contributed by atoms with Crippen LogP contribution in [-0.4, -0.2) is 18.3 Å². The molecule has 2 unspecified atom stereocenters. The summed E-state index contributed by atoms with van der Waals surface area (Å²) in [6.45, 7) is 3.82. The van der Waals surface area contributed by atoms with Gasteiger partial charge in [-0.2, -0.15) is 0 Å². The van der Waals surface area contributed by atoms with Gasteiger partial charge in [0.25, 0.3) is 0 Å². The number of ether oxygens (including phenoxy) is 1. The zero-order valence-corrected chi connectivity index (χ0v) is 10.1. The molecule has 0 aromatic heterocycles. The van der Waals surface area contributed by atoms with Crippen molar-refractivity contribution in [1.29, 1.82) is 0 Å². The first-order valence-electron chi connectivity index (χ1n) is 5.05. The smallest absolute Gasteiger partial charge is 0.137 e. The second-order valence-electron chi connectivity index (χ2n) is 3.89. The maximum absolute atomic E-state index is 9.39. The average Bonchev–Trinajstić information content (AvgIpc) is 2.18. The lowest BCUT2D eigenvalue weighted by Gasteiger charge is -2.15. The van der Waals surface area contributed by atoms with Crippen molar-refractivity contribution in [2.75, 3.05) is 7.11 Å². The molecule has 0 fully saturated rings. The lowest BCUT2D eigenvalue weighted by atomic mass is 9.97. The largest absolute Gasteiger partial charge is 0.495 e. The summed E-state index contributed by atoms with van der Waals surface area (Å²) in [6.07, 6.45) is 0.521. The summed E-state index contributed by atoms with van der Waals surface area (Å²) in [4.78, 5) is 0. The molecule has 0 saturated heterocycles. The Morgan fingerprint density at radius 3 is 2.53 bits per heavy atom. The van der Waals surface area contributed by atoms with Gasteiger partial charge in [0.05, 0.1) is 18.2 Å². The van der Waals surface area contributed by atoms with Gasteiger partial charge in [0.1, 0.15) is 5.75 Å². The van der Waals surface area contributed by atoms with Gasteiger partial charge >= 0.3 is 0 Å². The van der Waals surface area contributed by atoms with E-state index in [9.17, 15) is 5.11 Å². The molecule has 0 aliphatic carbocycles. The third kappa shape index (κ3) is 3.40. The van der Waals surface area contributed by atoms with Gasteiger partial charge in [0, 0.05) is 0 Å². The zero-order chi connectivity index (χ0) is 11.4. The Kier molecular flexibility index (Phi) is 4.43. The maximum Gasteiger partial charge on any atom is 0.137 e. The molecule has 15 heavy (non-hydrogen) atoms. The van der Waals surface area contributed by atoms with E-state index in [0.717, 1.165) is 12.0 Å². The molecular formula is C12H17ClO2. The molecule has 2 atom stereocenters. The van der Waals surface area contributed by atoms with E-state index in [1.165, 1.54) is 0 Å². The summed E-state index contributed by atoms with van der Waals surface area (Å²) in [7, 11) is 1.60. The molecule has 3 heteroatoms. The lowest BCUT2D eigenvalue weighted by molar-refractivity contribution is 0.135. The Labute approximate surface area is 95.8 Å². The second kappa shape index (κ2) is 5.38. The van der Waals surface area contributed by atoms with E-state index < -0.39 is 0 Å². The fraction of sp³-hybridized carbons (Fsp3) is 0.500. The van der Waals surface area contributed by atoms with Crippen LogP contribution >= 0.6 is 11.6 Å². The topological polar surface area (TPSA) is 29.5 Å². The number of halogens is 1. The molecule has 0 bridgehead atoms. The first kappa shape index (κ1) is 12.3. The van der Waals surface area contributed by atoms with Gasteiger partial charge in [-0.05, 0) is 37.0 Å². The number of rotatable bonds is 4. The summed E-state index contributed by atoms with van der Waals surface area (Å²) in [6, 6.07) is 5.72. The van der Waals surface area contributed by atoms with Crippen LogP contribution in [0.1, 0.15) is 19.4 Å². The SMILES string of the molecule is COc1ccc(CC(C)C(C)O)cc1Cl. The Morgan fingerprint density at radius 2 is 2.07 bits per heavy atom. The van der Waals surface area contributed by atoms with E-state index >= 15 is 0 Å². The molecule has 0 radical (unpaired) electrons. The van der Waals surface area contributed by atoms with Crippen molar-refractivity contribution < 1.29 is 9.84 Å². The van der Waals surface area contributed by atoms with Crippen molar-refractivity contribution in [3.05, 3.63) is 28.8 Å². The number of hydrogen-bond acceptors (Lipinski definition) is 2. The first-order chi connectivity index (χ1) is 7.04. The number of hydrogen-bond donors (Lipinski definition) is 1. The summed E-state index contributed by atoms with van der Waals surface area (Å²) in [5.74, 6) is 0.916. The first-order valence-corrected chi connectivity index (χ1v) is 5.43. The van der Waals surface area contributed by atoms with E-state index in [1.54, 1.807) is 14.0 Å². The molecule has 0 amide bonds. The molecule has 1 N–H and O–H groups in total. The molecule has 0 aliphatic rings. The van der Waals surface area contributed by atoms with Gasteiger partial charge in [-0.3, -0.25) is 0 Å². The zero-order valence-electron chi connectivity index (χ0n) is 9.33. The third-order valence-electron chi connectivity index (χ3n) is 2.60. The summed E-state index contributed by atoms with van der Waals surface area (Å²) in [5.41, 5.74) is 1.12. The van der Waals surface area contributed by atoms with Crippen molar-refractivity contribution in [2.24, 2.45) is 5.92 Å². The molecule has 0 spiro atoms. The second-order valence-corrected chi connectivity index (χ2v) is 4.30. The highest BCUT2D eigenvalue weighted by molar-refractivity contribution is 6.32. The maximum atomic E-state index is 9.39. The predicted molar refractivity (Wildman–Crippen MR) is 62.6 cm³/mol.